The molecule has 1 aliphatic rings. The maximum absolute atomic E-state index is 11.2. The first-order valence-electron chi connectivity index (χ1n) is 6.92. The number of phosphoric acid groups is 1. The Kier molecular flexibility index (Phi) is 7.03. The SMILES string of the molecule is CC(=O)N[C@H]1[C@H]([C@@H](O)[C@H](O)COP(=O)(O)O)OC(O)(C(=O)O)C[C@@H]1O. The highest BCUT2D eigenvalue weighted by molar-refractivity contribution is 7.46. The third kappa shape index (κ3) is 5.95. The van der Waals surface area contributed by atoms with Gasteiger partial charge in [0.1, 0.15) is 18.3 Å². The van der Waals surface area contributed by atoms with Crippen molar-refractivity contribution in [3.63, 3.8) is 0 Å². The summed E-state index contributed by atoms with van der Waals surface area (Å²) in [4.78, 5) is 39.5. The number of phosphoric ester groups is 1. The van der Waals surface area contributed by atoms with Crippen molar-refractivity contribution in [2.45, 2.75) is 49.6 Å². The van der Waals surface area contributed by atoms with Crippen LogP contribution < -0.4 is 5.32 Å². The van der Waals surface area contributed by atoms with Gasteiger partial charge in [-0.3, -0.25) is 9.32 Å². The summed E-state index contributed by atoms with van der Waals surface area (Å²) in [7, 11) is -4.97. The zero-order valence-corrected chi connectivity index (χ0v) is 13.8. The molecule has 6 atom stereocenters. The summed E-state index contributed by atoms with van der Waals surface area (Å²) in [6.07, 6.45) is -8.43. The molecule has 0 radical (unpaired) electrons. The summed E-state index contributed by atoms with van der Waals surface area (Å²) in [6, 6.07) is -1.42. The van der Waals surface area contributed by atoms with Gasteiger partial charge in [0.15, 0.2) is 0 Å². The largest absolute Gasteiger partial charge is 0.477 e. The lowest BCUT2D eigenvalue weighted by Gasteiger charge is -2.44. The maximum atomic E-state index is 11.2. The van der Waals surface area contributed by atoms with E-state index >= 15 is 0 Å². The second-order valence-electron chi connectivity index (χ2n) is 5.51. The molecule has 1 aliphatic heterocycles. The van der Waals surface area contributed by atoms with E-state index in [1.165, 1.54) is 0 Å². The number of aliphatic hydroxyl groups excluding tert-OH is 3. The van der Waals surface area contributed by atoms with Gasteiger partial charge in [0.25, 0.3) is 5.79 Å². The molecule has 14 heteroatoms. The number of carboxylic acid groups (broad SMARTS) is 1. The number of amides is 1. The third-order valence-corrected chi connectivity index (χ3v) is 3.92. The first-order chi connectivity index (χ1) is 11.3. The van der Waals surface area contributed by atoms with Crippen LogP contribution in [0, 0.1) is 0 Å². The highest BCUT2D eigenvalue weighted by Gasteiger charge is 2.54. The van der Waals surface area contributed by atoms with Gasteiger partial charge in [0, 0.05) is 13.3 Å². The Labute approximate surface area is 141 Å². The van der Waals surface area contributed by atoms with Crippen molar-refractivity contribution in [1.29, 1.82) is 0 Å². The van der Waals surface area contributed by atoms with E-state index in [2.05, 4.69) is 9.84 Å². The Morgan fingerprint density at radius 2 is 1.96 bits per heavy atom. The number of ether oxygens (including phenoxy) is 1. The van der Waals surface area contributed by atoms with Gasteiger partial charge in [0.05, 0.1) is 18.8 Å². The van der Waals surface area contributed by atoms with Crippen molar-refractivity contribution in [1.82, 2.24) is 5.32 Å². The second kappa shape index (κ2) is 8.03. The minimum absolute atomic E-state index is 0.688. The molecule has 0 spiro atoms. The molecular formula is C11H20NO12P. The van der Waals surface area contributed by atoms with E-state index in [0.717, 1.165) is 6.92 Å². The molecule has 1 rings (SSSR count). The van der Waals surface area contributed by atoms with E-state index < -0.39 is 69.0 Å². The molecule has 0 bridgehead atoms. The zero-order chi connectivity index (χ0) is 19.6. The van der Waals surface area contributed by atoms with E-state index in [-0.39, 0.29) is 0 Å². The van der Waals surface area contributed by atoms with Gasteiger partial charge < -0.3 is 45.4 Å². The number of hydrogen-bond acceptors (Lipinski definition) is 9. The second-order valence-corrected chi connectivity index (χ2v) is 6.75. The van der Waals surface area contributed by atoms with Gasteiger partial charge in [-0.1, -0.05) is 0 Å². The molecule has 0 aromatic rings. The highest BCUT2D eigenvalue weighted by Crippen LogP contribution is 2.36. The van der Waals surface area contributed by atoms with Crippen LogP contribution in [0.25, 0.3) is 0 Å². The Morgan fingerprint density at radius 1 is 1.40 bits per heavy atom. The number of aliphatic carboxylic acids is 1. The van der Waals surface area contributed by atoms with Crippen LogP contribution in [0.1, 0.15) is 13.3 Å². The van der Waals surface area contributed by atoms with Crippen LogP contribution in [0.5, 0.6) is 0 Å². The fraction of sp³-hybridized carbons (Fsp3) is 0.818. The van der Waals surface area contributed by atoms with E-state index in [9.17, 15) is 34.6 Å². The van der Waals surface area contributed by atoms with Crippen LogP contribution in [0.2, 0.25) is 0 Å². The van der Waals surface area contributed by atoms with Crippen LogP contribution >= 0.6 is 7.82 Å². The lowest BCUT2D eigenvalue weighted by Crippen LogP contribution is -2.67. The Morgan fingerprint density at radius 3 is 2.40 bits per heavy atom. The Bertz CT molecular complexity index is 551. The average Bonchev–Trinajstić information content (AvgIpc) is 2.45. The van der Waals surface area contributed by atoms with Crippen molar-refractivity contribution in [3.05, 3.63) is 0 Å². The number of carbonyl (C=O) groups is 2. The molecule has 1 unspecified atom stereocenters. The number of carboxylic acids is 1. The van der Waals surface area contributed by atoms with Crippen molar-refractivity contribution < 1.29 is 58.7 Å². The van der Waals surface area contributed by atoms with Crippen LogP contribution in [0.3, 0.4) is 0 Å². The predicted octanol–water partition coefficient (Wildman–Crippen LogP) is -3.75. The Balaban J connectivity index is 3.02. The molecule has 25 heavy (non-hydrogen) atoms. The van der Waals surface area contributed by atoms with E-state index in [0.29, 0.717) is 0 Å². The van der Waals surface area contributed by atoms with Crippen molar-refractivity contribution in [2.24, 2.45) is 0 Å². The molecule has 0 aromatic heterocycles. The number of aliphatic hydroxyl groups is 4. The summed E-state index contributed by atoms with van der Waals surface area (Å²) in [5, 5.41) is 50.9. The van der Waals surface area contributed by atoms with Crippen molar-refractivity contribution in [3.8, 4) is 0 Å². The standard InChI is InChI=1S/C11H20NO12P/c1-4(13)12-7-5(14)2-11(19,10(17)18)24-9(7)8(16)6(15)3-23-25(20,21)22/h5-9,14-16,19H,2-3H2,1H3,(H,12,13)(H,17,18)(H2,20,21,22)/t5-,6+,7+,8-,9+,11?/m0/s1. The van der Waals surface area contributed by atoms with Crippen LogP contribution in [0.15, 0.2) is 0 Å². The topological polar surface area (TPSA) is 223 Å². The first-order valence-corrected chi connectivity index (χ1v) is 8.45. The lowest BCUT2D eigenvalue weighted by molar-refractivity contribution is -0.294. The fourth-order valence-electron chi connectivity index (χ4n) is 2.30. The molecular weight excluding hydrogens is 369 g/mol. The predicted molar refractivity (Wildman–Crippen MR) is 75.7 cm³/mol. The normalized spacial score (nSPS) is 32.7. The molecule has 8 N–H and O–H groups in total. The minimum atomic E-state index is -4.97. The van der Waals surface area contributed by atoms with Crippen molar-refractivity contribution in [2.75, 3.05) is 6.61 Å². The summed E-state index contributed by atoms with van der Waals surface area (Å²) < 4.78 is 19.5. The number of nitrogens with one attached hydrogen (secondary N) is 1. The number of hydrogen-bond donors (Lipinski definition) is 8. The molecule has 1 fully saturated rings. The van der Waals surface area contributed by atoms with Crippen molar-refractivity contribution >= 4 is 19.7 Å². The fourth-order valence-corrected chi connectivity index (χ4v) is 2.65. The molecule has 1 amide bonds. The summed E-state index contributed by atoms with van der Waals surface area (Å²) in [5.41, 5.74) is 0. The molecule has 13 nitrogen and oxygen atoms in total. The summed E-state index contributed by atoms with van der Waals surface area (Å²) in [5.74, 6) is -5.48. The number of carbonyl (C=O) groups excluding carboxylic acids is 1. The van der Waals surface area contributed by atoms with Gasteiger partial charge in [-0.15, -0.1) is 0 Å². The van der Waals surface area contributed by atoms with E-state index in [4.69, 9.17) is 19.6 Å². The maximum Gasteiger partial charge on any atom is 0.469 e. The minimum Gasteiger partial charge on any atom is -0.477 e. The molecule has 146 valence electrons. The van der Waals surface area contributed by atoms with Gasteiger partial charge >= 0.3 is 13.8 Å². The summed E-state index contributed by atoms with van der Waals surface area (Å²) >= 11 is 0. The average molecular weight is 389 g/mol. The van der Waals surface area contributed by atoms with E-state index in [1.807, 2.05) is 0 Å². The molecule has 0 saturated carbocycles. The number of rotatable bonds is 7. The van der Waals surface area contributed by atoms with Gasteiger partial charge in [-0.2, -0.15) is 0 Å². The van der Waals surface area contributed by atoms with Crippen LogP contribution in [0.4, 0.5) is 0 Å². The van der Waals surface area contributed by atoms with Crippen LogP contribution in [-0.4, -0.2) is 90.0 Å². The quantitative estimate of drug-likeness (QED) is 0.197. The third-order valence-electron chi connectivity index (χ3n) is 3.43. The van der Waals surface area contributed by atoms with Gasteiger partial charge in [0.2, 0.25) is 5.91 Å². The highest BCUT2D eigenvalue weighted by atomic mass is 31.2. The first kappa shape index (κ1) is 21.9. The van der Waals surface area contributed by atoms with Gasteiger partial charge in [-0.25, -0.2) is 9.36 Å². The lowest BCUT2D eigenvalue weighted by atomic mass is 9.88. The van der Waals surface area contributed by atoms with Gasteiger partial charge in [-0.05, 0) is 0 Å². The molecule has 1 saturated heterocycles. The monoisotopic (exact) mass is 389 g/mol. The smallest absolute Gasteiger partial charge is 0.469 e. The summed E-state index contributed by atoms with van der Waals surface area (Å²) in [6.45, 7) is -0.0127. The molecule has 0 aliphatic carbocycles. The zero-order valence-electron chi connectivity index (χ0n) is 12.9. The van der Waals surface area contributed by atoms with Crippen LogP contribution in [-0.2, 0) is 23.4 Å². The molecule has 0 aromatic carbocycles. The molecule has 1 heterocycles. The Hall–Kier alpha value is -1.15. The van der Waals surface area contributed by atoms with E-state index in [1.54, 1.807) is 0 Å².